The average Bonchev–Trinajstić information content (AvgIpc) is 2.89. The molecule has 0 spiro atoms. The maximum Gasteiger partial charge on any atom is 0.0543 e. The highest BCUT2D eigenvalue weighted by Crippen LogP contribution is 2.33. The fourth-order valence-electron chi connectivity index (χ4n) is 3.39. The standard InChI is InChI=1S/C22H21N/c1-4-17-9-11-18(12-10-17)23-21-8-6-5-7-19(21)20-13-15(2)16(3)14-22(20)23/h5-14H,4H2,1-3H3. The molecule has 1 heteroatoms. The van der Waals surface area contributed by atoms with Crippen molar-refractivity contribution in [3.8, 4) is 5.69 Å². The van der Waals surface area contributed by atoms with Crippen LogP contribution in [0.25, 0.3) is 27.5 Å². The number of fused-ring (bicyclic) bond motifs is 3. The van der Waals surface area contributed by atoms with E-state index < -0.39 is 0 Å². The van der Waals surface area contributed by atoms with Crippen molar-refractivity contribution in [2.45, 2.75) is 27.2 Å². The molecule has 0 amide bonds. The molecule has 0 N–H and O–H groups in total. The van der Waals surface area contributed by atoms with Crippen molar-refractivity contribution in [2.24, 2.45) is 0 Å². The van der Waals surface area contributed by atoms with E-state index in [0.29, 0.717) is 0 Å². The second kappa shape index (κ2) is 5.27. The normalized spacial score (nSPS) is 11.4. The number of aryl methyl sites for hydroxylation is 3. The molecule has 0 aliphatic carbocycles. The summed E-state index contributed by atoms with van der Waals surface area (Å²) >= 11 is 0. The SMILES string of the molecule is CCc1ccc(-n2c3ccccc3c3cc(C)c(C)cc32)cc1. The Morgan fingerprint density at radius 3 is 2.17 bits per heavy atom. The van der Waals surface area contributed by atoms with Crippen LogP contribution in [0.15, 0.2) is 60.7 Å². The molecule has 0 saturated heterocycles. The minimum absolute atomic E-state index is 1.08. The van der Waals surface area contributed by atoms with Crippen LogP contribution < -0.4 is 0 Å². The van der Waals surface area contributed by atoms with Gasteiger partial charge in [-0.2, -0.15) is 0 Å². The van der Waals surface area contributed by atoms with Gasteiger partial charge in [-0.05, 0) is 67.3 Å². The van der Waals surface area contributed by atoms with Gasteiger partial charge in [-0.1, -0.05) is 37.3 Å². The van der Waals surface area contributed by atoms with Gasteiger partial charge in [-0.25, -0.2) is 0 Å². The lowest BCUT2D eigenvalue weighted by atomic mass is 10.1. The Balaban J connectivity index is 2.11. The van der Waals surface area contributed by atoms with Crippen LogP contribution in [0, 0.1) is 13.8 Å². The van der Waals surface area contributed by atoms with Gasteiger partial charge in [0, 0.05) is 16.5 Å². The molecule has 0 saturated carbocycles. The summed E-state index contributed by atoms with van der Waals surface area (Å²) in [5.74, 6) is 0. The van der Waals surface area contributed by atoms with Crippen molar-refractivity contribution < 1.29 is 0 Å². The number of hydrogen-bond donors (Lipinski definition) is 0. The maximum absolute atomic E-state index is 2.39. The minimum Gasteiger partial charge on any atom is -0.309 e. The molecule has 0 unspecified atom stereocenters. The van der Waals surface area contributed by atoms with E-state index >= 15 is 0 Å². The van der Waals surface area contributed by atoms with E-state index in [1.54, 1.807) is 0 Å². The summed E-state index contributed by atoms with van der Waals surface area (Å²) in [6, 6.07) is 22.3. The Labute approximate surface area is 137 Å². The number of para-hydroxylation sites is 1. The summed E-state index contributed by atoms with van der Waals surface area (Å²) in [5, 5.41) is 2.66. The first-order chi connectivity index (χ1) is 11.2. The van der Waals surface area contributed by atoms with Gasteiger partial charge < -0.3 is 4.57 Å². The summed E-state index contributed by atoms with van der Waals surface area (Å²) in [6.07, 6.45) is 1.08. The Kier molecular flexibility index (Phi) is 3.23. The van der Waals surface area contributed by atoms with Gasteiger partial charge in [0.05, 0.1) is 11.0 Å². The Hall–Kier alpha value is -2.54. The van der Waals surface area contributed by atoms with Crippen molar-refractivity contribution in [3.63, 3.8) is 0 Å². The highest BCUT2D eigenvalue weighted by molar-refractivity contribution is 6.09. The lowest BCUT2D eigenvalue weighted by molar-refractivity contribution is 1.12. The summed E-state index contributed by atoms with van der Waals surface area (Å²) < 4.78 is 2.39. The number of nitrogens with zero attached hydrogens (tertiary/aromatic N) is 1. The molecule has 3 aromatic carbocycles. The van der Waals surface area contributed by atoms with Crippen LogP contribution >= 0.6 is 0 Å². The van der Waals surface area contributed by atoms with Crippen LogP contribution in [0.2, 0.25) is 0 Å². The van der Waals surface area contributed by atoms with Gasteiger partial charge in [0.2, 0.25) is 0 Å². The van der Waals surface area contributed by atoms with E-state index in [4.69, 9.17) is 0 Å². The minimum atomic E-state index is 1.08. The third-order valence-electron chi connectivity index (χ3n) is 4.89. The maximum atomic E-state index is 2.39. The average molecular weight is 299 g/mol. The Morgan fingerprint density at radius 1 is 0.739 bits per heavy atom. The third kappa shape index (κ3) is 2.16. The van der Waals surface area contributed by atoms with Gasteiger partial charge in [-0.15, -0.1) is 0 Å². The van der Waals surface area contributed by atoms with Gasteiger partial charge in [0.15, 0.2) is 0 Å². The van der Waals surface area contributed by atoms with Crippen LogP contribution in [0.3, 0.4) is 0 Å². The summed E-state index contributed by atoms with van der Waals surface area (Å²) in [6.45, 7) is 6.58. The molecular weight excluding hydrogens is 278 g/mol. The molecule has 0 atom stereocenters. The Bertz CT molecular complexity index is 1000. The molecule has 114 valence electrons. The van der Waals surface area contributed by atoms with Crippen molar-refractivity contribution in [1.82, 2.24) is 4.57 Å². The zero-order chi connectivity index (χ0) is 16.0. The molecule has 1 heterocycles. The molecule has 1 aromatic heterocycles. The molecule has 0 bridgehead atoms. The zero-order valence-electron chi connectivity index (χ0n) is 13.9. The molecule has 4 aromatic rings. The molecule has 23 heavy (non-hydrogen) atoms. The zero-order valence-corrected chi connectivity index (χ0v) is 13.9. The monoisotopic (exact) mass is 299 g/mol. The molecule has 1 nitrogen and oxygen atoms in total. The Morgan fingerprint density at radius 2 is 1.43 bits per heavy atom. The lowest BCUT2D eigenvalue weighted by Gasteiger charge is -2.09. The molecular formula is C22H21N. The van der Waals surface area contributed by atoms with Gasteiger partial charge >= 0.3 is 0 Å². The van der Waals surface area contributed by atoms with Crippen LogP contribution in [-0.2, 0) is 6.42 Å². The van der Waals surface area contributed by atoms with Crippen molar-refractivity contribution in [2.75, 3.05) is 0 Å². The topological polar surface area (TPSA) is 4.93 Å². The second-order valence-electron chi connectivity index (χ2n) is 6.33. The fourth-order valence-corrected chi connectivity index (χ4v) is 3.39. The fraction of sp³-hybridized carbons (Fsp3) is 0.182. The summed E-state index contributed by atoms with van der Waals surface area (Å²) in [4.78, 5) is 0. The summed E-state index contributed by atoms with van der Waals surface area (Å²) in [7, 11) is 0. The van der Waals surface area contributed by atoms with E-state index in [2.05, 4.69) is 86.0 Å². The quantitative estimate of drug-likeness (QED) is 0.430. The lowest BCUT2D eigenvalue weighted by Crippen LogP contribution is -1.94. The van der Waals surface area contributed by atoms with Crippen LogP contribution in [-0.4, -0.2) is 4.57 Å². The van der Waals surface area contributed by atoms with Crippen LogP contribution in [0.5, 0.6) is 0 Å². The first-order valence-electron chi connectivity index (χ1n) is 8.28. The van der Waals surface area contributed by atoms with Crippen LogP contribution in [0.4, 0.5) is 0 Å². The molecule has 0 aliphatic heterocycles. The predicted octanol–water partition coefficient (Wildman–Crippen LogP) is 5.96. The smallest absolute Gasteiger partial charge is 0.0543 e. The number of aromatic nitrogens is 1. The second-order valence-corrected chi connectivity index (χ2v) is 6.33. The molecule has 0 aliphatic rings. The molecule has 0 fully saturated rings. The summed E-state index contributed by atoms with van der Waals surface area (Å²) in [5.41, 5.74) is 7.86. The van der Waals surface area contributed by atoms with E-state index in [9.17, 15) is 0 Å². The number of rotatable bonds is 2. The third-order valence-corrected chi connectivity index (χ3v) is 4.89. The van der Waals surface area contributed by atoms with E-state index in [0.717, 1.165) is 6.42 Å². The number of benzene rings is 3. The van der Waals surface area contributed by atoms with Gasteiger partial charge in [-0.3, -0.25) is 0 Å². The highest BCUT2D eigenvalue weighted by Gasteiger charge is 2.12. The number of hydrogen-bond acceptors (Lipinski definition) is 0. The highest BCUT2D eigenvalue weighted by atomic mass is 15.0. The first kappa shape index (κ1) is 14.1. The van der Waals surface area contributed by atoms with Gasteiger partial charge in [0.1, 0.15) is 0 Å². The van der Waals surface area contributed by atoms with Crippen molar-refractivity contribution in [3.05, 3.63) is 77.4 Å². The largest absolute Gasteiger partial charge is 0.309 e. The molecule has 0 radical (unpaired) electrons. The van der Waals surface area contributed by atoms with E-state index in [-0.39, 0.29) is 0 Å². The van der Waals surface area contributed by atoms with Crippen molar-refractivity contribution in [1.29, 1.82) is 0 Å². The van der Waals surface area contributed by atoms with E-state index in [1.165, 1.54) is 44.2 Å². The van der Waals surface area contributed by atoms with Gasteiger partial charge in [0.25, 0.3) is 0 Å². The van der Waals surface area contributed by atoms with Crippen LogP contribution in [0.1, 0.15) is 23.6 Å². The first-order valence-corrected chi connectivity index (χ1v) is 8.28. The molecule has 4 rings (SSSR count). The van der Waals surface area contributed by atoms with Crippen molar-refractivity contribution >= 4 is 21.8 Å². The van der Waals surface area contributed by atoms with E-state index in [1.807, 2.05) is 0 Å². The predicted molar refractivity (Wildman–Crippen MR) is 99.6 cm³/mol.